The minimum Gasteiger partial charge on any atom is -0.338 e. The van der Waals surface area contributed by atoms with Crippen LogP contribution in [0.4, 0.5) is 0 Å². The average Bonchev–Trinajstić information content (AvgIpc) is 2.89. The number of aromatic nitrogens is 3. The summed E-state index contributed by atoms with van der Waals surface area (Å²) in [6, 6.07) is 3.70. The Morgan fingerprint density at radius 2 is 2.06 bits per heavy atom. The van der Waals surface area contributed by atoms with Gasteiger partial charge in [-0.15, -0.1) is 0 Å². The van der Waals surface area contributed by atoms with Gasteiger partial charge < -0.3 is 10.3 Å². The molecular weight excluding hydrogens is 216 g/mol. The van der Waals surface area contributed by atoms with E-state index in [1.807, 2.05) is 19.1 Å². The fraction of sp³-hybridized carbons (Fsp3) is 0.417. The van der Waals surface area contributed by atoms with E-state index >= 15 is 0 Å². The van der Waals surface area contributed by atoms with Crippen molar-refractivity contribution in [3.8, 4) is 11.4 Å². The first-order valence-corrected chi connectivity index (χ1v) is 5.64. The zero-order valence-corrected chi connectivity index (χ0v) is 10.1. The van der Waals surface area contributed by atoms with Crippen LogP contribution in [0.25, 0.3) is 11.4 Å². The molecule has 0 saturated heterocycles. The molecule has 1 unspecified atom stereocenters. The molecule has 2 aromatic heterocycles. The maximum absolute atomic E-state index is 5.76. The Morgan fingerprint density at radius 1 is 1.35 bits per heavy atom. The predicted molar refractivity (Wildman–Crippen MR) is 64.2 cm³/mol. The lowest BCUT2D eigenvalue weighted by atomic mass is 9.88. The van der Waals surface area contributed by atoms with E-state index in [0.717, 1.165) is 12.0 Å². The minimum absolute atomic E-state index is 0.252. The molecule has 5 nitrogen and oxygen atoms in total. The van der Waals surface area contributed by atoms with Crippen LogP contribution in [0.3, 0.4) is 0 Å². The smallest absolute Gasteiger partial charge is 0.234 e. The molecule has 2 rings (SSSR count). The van der Waals surface area contributed by atoms with Crippen LogP contribution in [0, 0.1) is 0 Å². The Morgan fingerprint density at radius 3 is 2.65 bits per heavy atom. The third-order valence-corrected chi connectivity index (χ3v) is 3.11. The highest BCUT2D eigenvalue weighted by atomic mass is 16.5. The van der Waals surface area contributed by atoms with Crippen molar-refractivity contribution in [1.29, 1.82) is 0 Å². The van der Waals surface area contributed by atoms with Crippen LogP contribution in [-0.2, 0) is 5.41 Å². The Hall–Kier alpha value is -1.75. The molecule has 0 fully saturated rings. The molecule has 0 aliphatic heterocycles. The lowest BCUT2D eigenvalue weighted by Crippen LogP contribution is -2.31. The number of hydrogen-bond acceptors (Lipinski definition) is 5. The molecule has 0 amide bonds. The van der Waals surface area contributed by atoms with Gasteiger partial charge in [-0.2, -0.15) is 4.98 Å². The molecule has 0 radical (unpaired) electrons. The van der Waals surface area contributed by atoms with Gasteiger partial charge in [0.15, 0.2) is 0 Å². The van der Waals surface area contributed by atoms with E-state index in [1.54, 1.807) is 12.4 Å². The second kappa shape index (κ2) is 4.63. The van der Waals surface area contributed by atoms with E-state index < -0.39 is 0 Å². The normalized spacial score (nSPS) is 14.5. The highest BCUT2D eigenvalue weighted by Crippen LogP contribution is 2.26. The van der Waals surface area contributed by atoms with Gasteiger partial charge in [-0.3, -0.25) is 4.98 Å². The molecule has 90 valence electrons. The SMILES string of the molecule is CCC(C)(CN)c1nc(-c2ccncc2)no1. The van der Waals surface area contributed by atoms with E-state index in [-0.39, 0.29) is 5.41 Å². The molecule has 2 N–H and O–H groups in total. The Kier molecular flexibility index (Phi) is 3.19. The maximum Gasteiger partial charge on any atom is 0.234 e. The minimum atomic E-state index is -0.252. The molecule has 2 aromatic rings. The molecular formula is C12H16N4O. The first kappa shape index (κ1) is 11.7. The van der Waals surface area contributed by atoms with E-state index in [9.17, 15) is 0 Å². The molecule has 0 aliphatic rings. The van der Waals surface area contributed by atoms with Crippen LogP contribution in [0.15, 0.2) is 29.0 Å². The molecule has 1 atom stereocenters. The quantitative estimate of drug-likeness (QED) is 0.869. The van der Waals surface area contributed by atoms with Crippen LogP contribution in [0.1, 0.15) is 26.2 Å². The van der Waals surface area contributed by atoms with Gasteiger partial charge in [-0.1, -0.05) is 12.1 Å². The van der Waals surface area contributed by atoms with Crippen molar-refractivity contribution in [3.05, 3.63) is 30.4 Å². The van der Waals surface area contributed by atoms with Crippen LogP contribution in [0.2, 0.25) is 0 Å². The van der Waals surface area contributed by atoms with Gasteiger partial charge in [0.2, 0.25) is 11.7 Å². The number of hydrogen-bond donors (Lipinski definition) is 1. The van der Waals surface area contributed by atoms with Gasteiger partial charge in [0.1, 0.15) is 0 Å². The second-order valence-electron chi connectivity index (χ2n) is 4.28. The predicted octanol–water partition coefficient (Wildman–Crippen LogP) is 1.76. The summed E-state index contributed by atoms with van der Waals surface area (Å²) in [5.74, 6) is 1.17. The monoisotopic (exact) mass is 232 g/mol. The van der Waals surface area contributed by atoms with Crippen LogP contribution in [-0.4, -0.2) is 21.7 Å². The highest BCUT2D eigenvalue weighted by molar-refractivity contribution is 5.52. The summed E-state index contributed by atoms with van der Waals surface area (Å²) >= 11 is 0. The summed E-state index contributed by atoms with van der Waals surface area (Å²) in [4.78, 5) is 8.36. The van der Waals surface area contributed by atoms with Crippen molar-refractivity contribution in [3.63, 3.8) is 0 Å². The maximum atomic E-state index is 5.76. The molecule has 0 spiro atoms. The fourth-order valence-electron chi connectivity index (χ4n) is 1.47. The number of rotatable bonds is 4. The van der Waals surface area contributed by atoms with E-state index in [2.05, 4.69) is 22.0 Å². The van der Waals surface area contributed by atoms with Gasteiger partial charge in [0, 0.05) is 24.5 Å². The van der Waals surface area contributed by atoms with Gasteiger partial charge in [0.25, 0.3) is 0 Å². The molecule has 17 heavy (non-hydrogen) atoms. The lowest BCUT2D eigenvalue weighted by molar-refractivity contribution is 0.291. The summed E-state index contributed by atoms with van der Waals surface area (Å²) in [5, 5.41) is 3.98. The average molecular weight is 232 g/mol. The molecule has 0 aromatic carbocycles. The number of nitrogens with zero attached hydrogens (tertiary/aromatic N) is 3. The summed E-state index contributed by atoms with van der Waals surface area (Å²) in [5.41, 5.74) is 6.40. The lowest BCUT2D eigenvalue weighted by Gasteiger charge is -2.20. The van der Waals surface area contributed by atoms with E-state index in [4.69, 9.17) is 10.3 Å². The van der Waals surface area contributed by atoms with Crippen molar-refractivity contribution in [1.82, 2.24) is 15.1 Å². The van der Waals surface area contributed by atoms with Gasteiger partial charge in [-0.05, 0) is 25.5 Å². The third kappa shape index (κ3) is 2.19. The van der Waals surface area contributed by atoms with Crippen molar-refractivity contribution < 1.29 is 4.52 Å². The van der Waals surface area contributed by atoms with Crippen molar-refractivity contribution >= 4 is 0 Å². The van der Waals surface area contributed by atoms with Gasteiger partial charge in [-0.25, -0.2) is 0 Å². The summed E-state index contributed by atoms with van der Waals surface area (Å²) in [6.45, 7) is 4.57. The van der Waals surface area contributed by atoms with Gasteiger partial charge >= 0.3 is 0 Å². The molecule has 5 heteroatoms. The largest absolute Gasteiger partial charge is 0.338 e. The summed E-state index contributed by atoms with van der Waals surface area (Å²) in [7, 11) is 0. The van der Waals surface area contributed by atoms with E-state index in [0.29, 0.717) is 18.3 Å². The summed E-state index contributed by atoms with van der Waals surface area (Å²) in [6.07, 6.45) is 4.27. The van der Waals surface area contributed by atoms with Crippen molar-refractivity contribution in [2.45, 2.75) is 25.7 Å². The molecule has 2 heterocycles. The van der Waals surface area contributed by atoms with E-state index in [1.165, 1.54) is 0 Å². The fourth-order valence-corrected chi connectivity index (χ4v) is 1.47. The first-order chi connectivity index (χ1) is 8.19. The second-order valence-corrected chi connectivity index (χ2v) is 4.28. The topological polar surface area (TPSA) is 77.8 Å². The summed E-state index contributed by atoms with van der Waals surface area (Å²) < 4.78 is 5.30. The van der Waals surface area contributed by atoms with Crippen molar-refractivity contribution in [2.75, 3.05) is 6.54 Å². The Bertz CT molecular complexity index is 476. The standard InChI is InChI=1S/C12H16N4O/c1-3-12(2,8-13)11-15-10(16-17-11)9-4-6-14-7-5-9/h4-7H,3,8,13H2,1-2H3. The first-order valence-electron chi connectivity index (χ1n) is 5.64. The Balaban J connectivity index is 2.34. The van der Waals surface area contributed by atoms with Crippen molar-refractivity contribution in [2.24, 2.45) is 5.73 Å². The number of nitrogens with two attached hydrogens (primary N) is 1. The van der Waals surface area contributed by atoms with Gasteiger partial charge in [0.05, 0.1) is 5.41 Å². The third-order valence-electron chi connectivity index (χ3n) is 3.11. The molecule has 0 bridgehead atoms. The van der Waals surface area contributed by atoms with Crippen LogP contribution in [0.5, 0.6) is 0 Å². The highest BCUT2D eigenvalue weighted by Gasteiger charge is 2.29. The van der Waals surface area contributed by atoms with Crippen LogP contribution >= 0.6 is 0 Å². The Labute approximate surface area is 100 Å². The molecule has 0 saturated carbocycles. The molecule has 0 aliphatic carbocycles. The zero-order chi connectivity index (χ0) is 12.3. The number of pyridine rings is 1. The zero-order valence-electron chi connectivity index (χ0n) is 10.1. The van der Waals surface area contributed by atoms with Crippen LogP contribution < -0.4 is 5.73 Å².